The summed E-state index contributed by atoms with van der Waals surface area (Å²) in [4.78, 5) is 0. The molecule has 0 aromatic heterocycles. The molecule has 0 heterocycles. The Morgan fingerprint density at radius 1 is 0.742 bits per heavy atom. The topological polar surface area (TPSA) is 40.5 Å². The van der Waals surface area contributed by atoms with Gasteiger partial charge in [-0.15, -0.1) is 0 Å². The van der Waals surface area contributed by atoms with Gasteiger partial charge in [-0.25, -0.2) is 0 Å². The van der Waals surface area contributed by atoms with Crippen LogP contribution in [0.15, 0.2) is 0 Å². The summed E-state index contributed by atoms with van der Waals surface area (Å²) in [5.74, 6) is 6.00. The summed E-state index contributed by atoms with van der Waals surface area (Å²) in [6, 6.07) is 0. The molecule has 2 heteroatoms. The highest BCUT2D eigenvalue weighted by Crippen LogP contribution is 2.68. The Balaban J connectivity index is 1.51. The molecule has 4 fully saturated rings. The van der Waals surface area contributed by atoms with Gasteiger partial charge < -0.3 is 10.2 Å². The van der Waals surface area contributed by atoms with Gasteiger partial charge in [0.2, 0.25) is 0 Å². The highest BCUT2D eigenvalue weighted by atomic mass is 16.3. The first-order valence-corrected chi connectivity index (χ1v) is 13.9. The van der Waals surface area contributed by atoms with Gasteiger partial charge in [-0.2, -0.15) is 0 Å². The van der Waals surface area contributed by atoms with E-state index in [2.05, 4.69) is 48.5 Å². The summed E-state index contributed by atoms with van der Waals surface area (Å²) in [6.45, 7) is 16.8. The number of aliphatic hydroxyl groups is 2. The summed E-state index contributed by atoms with van der Waals surface area (Å²) in [5, 5.41) is 21.7. The Hall–Kier alpha value is -0.0800. The van der Waals surface area contributed by atoms with E-state index in [1.807, 2.05) is 0 Å². The minimum absolute atomic E-state index is 0.0445. The molecule has 0 bridgehead atoms. The zero-order valence-corrected chi connectivity index (χ0v) is 21.6. The summed E-state index contributed by atoms with van der Waals surface area (Å²) in [7, 11) is 0. The lowest BCUT2D eigenvalue weighted by Crippen LogP contribution is -2.54. The van der Waals surface area contributed by atoms with E-state index >= 15 is 0 Å². The van der Waals surface area contributed by atoms with Crippen molar-refractivity contribution in [3.8, 4) is 0 Å². The average molecular weight is 433 g/mol. The van der Waals surface area contributed by atoms with Crippen molar-refractivity contribution in [2.45, 2.75) is 118 Å². The third-order valence-electron chi connectivity index (χ3n) is 12.3. The number of fused-ring (bicyclic) bond motifs is 5. The largest absolute Gasteiger partial charge is 0.393 e. The maximum atomic E-state index is 11.4. The molecule has 2 nitrogen and oxygen atoms in total. The number of hydrogen-bond acceptors (Lipinski definition) is 2. The van der Waals surface area contributed by atoms with Crippen LogP contribution in [0.25, 0.3) is 0 Å². The van der Waals surface area contributed by atoms with E-state index in [0.29, 0.717) is 40.4 Å². The zero-order valence-electron chi connectivity index (χ0n) is 21.6. The molecule has 12 atom stereocenters. The first-order valence-electron chi connectivity index (χ1n) is 13.9. The van der Waals surface area contributed by atoms with E-state index in [0.717, 1.165) is 36.5 Å². The number of hydrogen-bond donors (Lipinski definition) is 2. The molecule has 4 aliphatic carbocycles. The predicted octanol–water partition coefficient (Wildman–Crippen LogP) is 6.93. The fourth-order valence-electron chi connectivity index (χ4n) is 9.77. The summed E-state index contributed by atoms with van der Waals surface area (Å²) in [6.07, 6.45) is 11.3. The van der Waals surface area contributed by atoms with Crippen LogP contribution in [0.5, 0.6) is 0 Å². The smallest absolute Gasteiger partial charge is 0.0596 e. The van der Waals surface area contributed by atoms with Gasteiger partial charge in [-0.05, 0) is 122 Å². The lowest BCUT2D eigenvalue weighted by Gasteiger charge is -2.61. The fraction of sp³-hybridized carbons (Fsp3) is 1.00. The van der Waals surface area contributed by atoms with Gasteiger partial charge in [0, 0.05) is 0 Å². The number of rotatable bonds is 5. The molecule has 0 aliphatic heterocycles. The lowest BCUT2D eigenvalue weighted by molar-refractivity contribution is -0.133. The minimum atomic E-state index is -0.177. The molecular formula is C29H52O2. The van der Waals surface area contributed by atoms with Gasteiger partial charge in [-0.1, -0.05) is 48.5 Å². The molecule has 0 spiro atoms. The van der Waals surface area contributed by atoms with E-state index in [1.54, 1.807) is 0 Å². The molecule has 2 N–H and O–H groups in total. The van der Waals surface area contributed by atoms with Crippen molar-refractivity contribution in [1.29, 1.82) is 0 Å². The van der Waals surface area contributed by atoms with Crippen LogP contribution in [0.2, 0.25) is 0 Å². The van der Waals surface area contributed by atoms with Crippen molar-refractivity contribution >= 4 is 0 Å². The highest BCUT2D eigenvalue weighted by Gasteiger charge is 2.61. The van der Waals surface area contributed by atoms with Crippen LogP contribution in [-0.2, 0) is 0 Å². The van der Waals surface area contributed by atoms with Crippen LogP contribution in [-0.4, -0.2) is 22.4 Å². The van der Waals surface area contributed by atoms with E-state index < -0.39 is 0 Å². The van der Waals surface area contributed by atoms with Crippen LogP contribution in [0.4, 0.5) is 0 Å². The molecule has 31 heavy (non-hydrogen) atoms. The SMILES string of the molecule is CC(C)C(C)[C@@H](C)[C@H](O)C(C)[C@H]1CCC2C3CCC4CC(O)CCC4(C)C3CC[C@@]21C. The Labute approximate surface area is 193 Å². The Morgan fingerprint density at radius 3 is 2.06 bits per heavy atom. The second kappa shape index (κ2) is 8.61. The van der Waals surface area contributed by atoms with Gasteiger partial charge in [0.05, 0.1) is 12.2 Å². The van der Waals surface area contributed by atoms with Crippen LogP contribution in [0.3, 0.4) is 0 Å². The molecular weight excluding hydrogens is 380 g/mol. The van der Waals surface area contributed by atoms with Crippen molar-refractivity contribution < 1.29 is 10.2 Å². The van der Waals surface area contributed by atoms with Crippen molar-refractivity contribution in [3.05, 3.63) is 0 Å². The summed E-state index contributed by atoms with van der Waals surface area (Å²) < 4.78 is 0. The molecule has 0 amide bonds. The minimum Gasteiger partial charge on any atom is -0.393 e. The van der Waals surface area contributed by atoms with Crippen molar-refractivity contribution in [3.63, 3.8) is 0 Å². The third-order valence-corrected chi connectivity index (χ3v) is 12.3. The van der Waals surface area contributed by atoms with Crippen LogP contribution >= 0.6 is 0 Å². The highest BCUT2D eigenvalue weighted by molar-refractivity contribution is 5.10. The predicted molar refractivity (Wildman–Crippen MR) is 130 cm³/mol. The standard InChI is InChI=1S/C29H52O2/c1-17(2)18(3)19(4)27(31)20(5)24-10-11-25-23-9-8-21-16-22(30)12-14-28(21,6)26(23)13-15-29(24,25)7/h17-27,30-31H,8-16H2,1-7H3/t18?,19-,20?,21?,22?,23?,24-,25?,26?,27+,28?,29-/m1/s1. The van der Waals surface area contributed by atoms with Gasteiger partial charge in [0.25, 0.3) is 0 Å². The van der Waals surface area contributed by atoms with Crippen LogP contribution in [0.1, 0.15) is 106 Å². The van der Waals surface area contributed by atoms with Crippen molar-refractivity contribution in [2.75, 3.05) is 0 Å². The Bertz CT molecular complexity index is 630. The van der Waals surface area contributed by atoms with Gasteiger partial charge in [0.15, 0.2) is 0 Å². The molecule has 180 valence electrons. The molecule has 4 rings (SSSR count). The van der Waals surface area contributed by atoms with Crippen LogP contribution in [0, 0.1) is 64.1 Å². The third kappa shape index (κ3) is 3.84. The average Bonchev–Trinajstić information content (AvgIpc) is 3.09. The zero-order chi connectivity index (χ0) is 22.7. The first kappa shape index (κ1) is 24.1. The summed E-state index contributed by atoms with van der Waals surface area (Å²) in [5.41, 5.74) is 0.883. The van der Waals surface area contributed by atoms with E-state index in [9.17, 15) is 10.2 Å². The van der Waals surface area contributed by atoms with Gasteiger partial charge >= 0.3 is 0 Å². The fourth-order valence-corrected chi connectivity index (χ4v) is 9.77. The number of aliphatic hydroxyl groups excluding tert-OH is 2. The van der Waals surface area contributed by atoms with Crippen molar-refractivity contribution in [1.82, 2.24) is 0 Å². The van der Waals surface area contributed by atoms with Crippen LogP contribution < -0.4 is 0 Å². The Morgan fingerprint density at radius 2 is 1.39 bits per heavy atom. The lowest BCUT2D eigenvalue weighted by atomic mass is 9.44. The molecule has 0 saturated heterocycles. The molecule has 4 aliphatic rings. The monoisotopic (exact) mass is 432 g/mol. The molecule has 0 radical (unpaired) electrons. The molecule has 0 aromatic carbocycles. The molecule has 8 unspecified atom stereocenters. The summed E-state index contributed by atoms with van der Waals surface area (Å²) >= 11 is 0. The van der Waals surface area contributed by atoms with E-state index in [-0.39, 0.29) is 12.2 Å². The second-order valence-electron chi connectivity index (χ2n) is 13.6. The van der Waals surface area contributed by atoms with Crippen molar-refractivity contribution in [2.24, 2.45) is 64.1 Å². The Kier molecular flexibility index (Phi) is 6.68. The first-order chi connectivity index (χ1) is 14.5. The second-order valence-corrected chi connectivity index (χ2v) is 13.6. The van der Waals surface area contributed by atoms with Gasteiger partial charge in [0.1, 0.15) is 0 Å². The van der Waals surface area contributed by atoms with E-state index in [4.69, 9.17) is 0 Å². The normalized spacial score (nSPS) is 49.0. The maximum absolute atomic E-state index is 11.4. The van der Waals surface area contributed by atoms with Gasteiger partial charge in [-0.3, -0.25) is 0 Å². The maximum Gasteiger partial charge on any atom is 0.0596 e. The van der Waals surface area contributed by atoms with E-state index in [1.165, 1.54) is 44.9 Å². The molecule has 0 aromatic rings. The molecule has 4 saturated carbocycles. The quantitative estimate of drug-likeness (QED) is 0.494.